The number of hydrogen-bond donors (Lipinski definition) is 1. The number of nitrogens with one attached hydrogen (secondary N) is 1. The van der Waals surface area contributed by atoms with Gasteiger partial charge in [0, 0.05) is 28.4 Å². The Kier molecular flexibility index (Phi) is 2.96. The third-order valence-corrected chi connectivity index (χ3v) is 5.68. The van der Waals surface area contributed by atoms with Crippen LogP contribution in [-0.2, 0) is 0 Å². The summed E-state index contributed by atoms with van der Waals surface area (Å²) in [4.78, 5) is 16.6. The van der Waals surface area contributed by atoms with Crippen molar-refractivity contribution >= 4 is 27.6 Å². The van der Waals surface area contributed by atoms with Crippen LogP contribution in [0.3, 0.4) is 0 Å². The maximum absolute atomic E-state index is 13.1. The second-order valence-electron chi connectivity index (χ2n) is 7.42. The summed E-state index contributed by atoms with van der Waals surface area (Å²) in [6.07, 6.45) is 2.01. The molecule has 1 aliphatic heterocycles. The second-order valence-corrected chi connectivity index (χ2v) is 7.42. The molecule has 0 spiro atoms. The third-order valence-electron chi connectivity index (χ3n) is 5.68. The van der Waals surface area contributed by atoms with Crippen molar-refractivity contribution < 1.29 is 9.36 Å². The summed E-state index contributed by atoms with van der Waals surface area (Å²) >= 11 is 0. The van der Waals surface area contributed by atoms with E-state index >= 15 is 0 Å². The van der Waals surface area contributed by atoms with Crippen molar-refractivity contribution in [1.29, 1.82) is 0 Å². The number of rotatable bonds is 1. The maximum Gasteiger partial charge on any atom is 0.284 e. The lowest BCUT2D eigenvalue weighted by molar-refractivity contribution is -0.592. The minimum atomic E-state index is 0.0756. The number of carbonyl (C=O) groups is 1. The number of aromatic nitrogens is 2. The molecule has 6 rings (SSSR count). The Morgan fingerprint density at radius 3 is 2.57 bits per heavy atom. The average Bonchev–Trinajstić information content (AvgIpc) is 3.23. The van der Waals surface area contributed by atoms with E-state index in [2.05, 4.69) is 60.4 Å². The summed E-state index contributed by atoms with van der Waals surface area (Å²) in [7, 11) is 0. The molecule has 3 nitrogen and oxygen atoms in total. The van der Waals surface area contributed by atoms with Gasteiger partial charge in [0.15, 0.2) is 6.20 Å². The molecular formula is C25H17N2O+. The number of hydrogen-bond acceptors (Lipinski definition) is 1. The molecule has 1 N–H and O–H groups in total. The van der Waals surface area contributed by atoms with Crippen LogP contribution in [0.5, 0.6) is 0 Å². The number of ketones is 1. The average molecular weight is 361 g/mol. The number of aromatic amines is 1. The summed E-state index contributed by atoms with van der Waals surface area (Å²) in [5.74, 6) is 0.0756. The summed E-state index contributed by atoms with van der Waals surface area (Å²) in [6.45, 7) is 2.11. The van der Waals surface area contributed by atoms with E-state index in [0.29, 0.717) is 5.69 Å². The highest BCUT2D eigenvalue weighted by atomic mass is 16.1. The number of aryl methyl sites for hydroxylation is 1. The molecule has 28 heavy (non-hydrogen) atoms. The van der Waals surface area contributed by atoms with Gasteiger partial charge in [0.1, 0.15) is 11.1 Å². The highest BCUT2D eigenvalue weighted by molar-refractivity contribution is 6.20. The van der Waals surface area contributed by atoms with Crippen LogP contribution in [-0.4, -0.2) is 10.8 Å². The highest BCUT2D eigenvalue weighted by Gasteiger charge is 2.37. The van der Waals surface area contributed by atoms with Gasteiger partial charge < -0.3 is 4.98 Å². The van der Waals surface area contributed by atoms with Crippen molar-refractivity contribution in [3.63, 3.8) is 0 Å². The minimum Gasteiger partial charge on any atom is -0.349 e. The smallest absolute Gasteiger partial charge is 0.284 e. The Morgan fingerprint density at radius 2 is 1.68 bits per heavy atom. The van der Waals surface area contributed by atoms with E-state index in [-0.39, 0.29) is 5.78 Å². The van der Waals surface area contributed by atoms with Gasteiger partial charge in [-0.3, -0.25) is 4.79 Å². The molecule has 5 aromatic rings. The number of carbonyl (C=O) groups excluding carboxylic acids is 1. The molecule has 132 valence electrons. The Bertz CT molecular complexity index is 1440. The molecule has 3 aromatic carbocycles. The van der Waals surface area contributed by atoms with E-state index in [9.17, 15) is 4.79 Å². The molecule has 3 heteroatoms. The van der Waals surface area contributed by atoms with E-state index in [1.54, 1.807) is 0 Å². The van der Waals surface area contributed by atoms with Crippen molar-refractivity contribution in [1.82, 2.24) is 4.98 Å². The topological polar surface area (TPSA) is 36.7 Å². The van der Waals surface area contributed by atoms with Crippen molar-refractivity contribution in [2.24, 2.45) is 0 Å². The van der Waals surface area contributed by atoms with Crippen LogP contribution in [0.2, 0.25) is 0 Å². The molecule has 0 aliphatic carbocycles. The first-order valence-electron chi connectivity index (χ1n) is 9.42. The summed E-state index contributed by atoms with van der Waals surface area (Å²) in [5, 5.41) is 2.22. The summed E-state index contributed by atoms with van der Waals surface area (Å²) in [5.41, 5.74) is 8.00. The molecular weight excluding hydrogens is 344 g/mol. The van der Waals surface area contributed by atoms with Crippen molar-refractivity contribution in [2.45, 2.75) is 6.92 Å². The number of para-hydroxylation sites is 1. The van der Waals surface area contributed by atoms with E-state index in [0.717, 1.165) is 33.1 Å². The van der Waals surface area contributed by atoms with Crippen LogP contribution in [0.15, 0.2) is 79.0 Å². The van der Waals surface area contributed by atoms with E-state index in [1.807, 2.05) is 35.0 Å². The quantitative estimate of drug-likeness (QED) is 0.406. The molecule has 0 fully saturated rings. The summed E-state index contributed by atoms with van der Waals surface area (Å²) in [6, 6.07) is 24.9. The van der Waals surface area contributed by atoms with Crippen molar-refractivity contribution in [3.8, 4) is 16.8 Å². The molecule has 0 radical (unpaired) electrons. The van der Waals surface area contributed by atoms with Crippen molar-refractivity contribution in [2.75, 3.05) is 0 Å². The molecule has 0 amide bonds. The monoisotopic (exact) mass is 361 g/mol. The van der Waals surface area contributed by atoms with Gasteiger partial charge in [-0.15, -0.1) is 0 Å². The van der Waals surface area contributed by atoms with Crippen LogP contribution in [0.25, 0.3) is 38.6 Å². The predicted octanol–water partition coefficient (Wildman–Crippen LogP) is 5.12. The number of H-pyrrole nitrogens is 1. The van der Waals surface area contributed by atoms with Gasteiger partial charge in [-0.1, -0.05) is 48.0 Å². The van der Waals surface area contributed by atoms with Gasteiger partial charge in [0.2, 0.25) is 5.69 Å². The Balaban J connectivity index is 1.63. The zero-order chi connectivity index (χ0) is 18.8. The SMILES string of the molecule is Cc1cccc(-c2ccc3[nH]c4c5[n+](ccc4c3c2)-c2ccccc2C5=O)c1. The predicted molar refractivity (Wildman–Crippen MR) is 111 cm³/mol. The summed E-state index contributed by atoms with van der Waals surface area (Å²) < 4.78 is 2.00. The van der Waals surface area contributed by atoms with E-state index < -0.39 is 0 Å². The first-order valence-corrected chi connectivity index (χ1v) is 9.42. The Hall–Kier alpha value is -3.72. The number of pyridine rings is 1. The lowest BCUT2D eigenvalue weighted by Gasteiger charge is -2.03. The van der Waals surface area contributed by atoms with Crippen molar-refractivity contribution in [3.05, 3.63) is 95.8 Å². The van der Waals surface area contributed by atoms with Crippen LogP contribution in [0, 0.1) is 6.92 Å². The Morgan fingerprint density at radius 1 is 0.821 bits per heavy atom. The fourth-order valence-corrected chi connectivity index (χ4v) is 4.35. The second kappa shape index (κ2) is 5.40. The minimum absolute atomic E-state index is 0.0756. The molecule has 2 aromatic heterocycles. The molecule has 0 bridgehead atoms. The van der Waals surface area contributed by atoms with Gasteiger partial charge in [-0.25, -0.2) is 0 Å². The van der Waals surface area contributed by atoms with E-state index in [4.69, 9.17) is 0 Å². The zero-order valence-electron chi connectivity index (χ0n) is 15.4. The molecule has 0 atom stereocenters. The van der Waals surface area contributed by atoms with Crippen LogP contribution >= 0.6 is 0 Å². The van der Waals surface area contributed by atoms with Crippen LogP contribution < -0.4 is 4.57 Å². The van der Waals surface area contributed by atoms with Gasteiger partial charge in [-0.05, 0) is 36.2 Å². The largest absolute Gasteiger partial charge is 0.349 e. The Labute approximate surface area is 161 Å². The lowest BCUT2D eigenvalue weighted by atomic mass is 10.0. The zero-order valence-corrected chi connectivity index (χ0v) is 15.4. The molecule has 0 unspecified atom stereocenters. The number of nitrogens with zero attached hydrogens (tertiary/aromatic N) is 1. The molecule has 1 aliphatic rings. The third kappa shape index (κ3) is 1.99. The van der Waals surface area contributed by atoms with Gasteiger partial charge >= 0.3 is 0 Å². The molecule has 0 saturated carbocycles. The fourth-order valence-electron chi connectivity index (χ4n) is 4.35. The molecule has 3 heterocycles. The highest BCUT2D eigenvalue weighted by Crippen LogP contribution is 2.33. The van der Waals surface area contributed by atoms with Gasteiger partial charge in [0.25, 0.3) is 11.5 Å². The normalized spacial score (nSPS) is 12.5. The molecule has 0 saturated heterocycles. The first-order chi connectivity index (χ1) is 13.7. The van der Waals surface area contributed by atoms with Gasteiger partial charge in [0.05, 0.1) is 0 Å². The van der Waals surface area contributed by atoms with Gasteiger partial charge in [-0.2, -0.15) is 4.57 Å². The number of benzene rings is 3. The lowest BCUT2D eigenvalue weighted by Crippen LogP contribution is -2.31. The number of fused-ring (bicyclic) bond motifs is 7. The van der Waals surface area contributed by atoms with Crippen LogP contribution in [0.1, 0.15) is 21.6 Å². The first kappa shape index (κ1) is 15.3. The standard InChI is InChI=1S/C25H16N2O/c1-15-5-4-6-16(13-15)17-9-10-21-20(14-17)18-11-12-27-22-8-3-2-7-19(22)25(28)24(27)23(18)26-21/h2-14H,1H3/p+1. The van der Waals surface area contributed by atoms with Crippen LogP contribution in [0.4, 0.5) is 0 Å². The fraction of sp³-hybridized carbons (Fsp3) is 0.0400. The van der Waals surface area contributed by atoms with E-state index in [1.165, 1.54) is 16.7 Å². The maximum atomic E-state index is 13.1.